The van der Waals surface area contributed by atoms with Crippen molar-refractivity contribution in [3.63, 3.8) is 0 Å². The lowest BCUT2D eigenvalue weighted by atomic mass is 10.1. The maximum absolute atomic E-state index is 13.0. The third-order valence-electron chi connectivity index (χ3n) is 5.11. The highest BCUT2D eigenvalue weighted by atomic mass is 32.2. The minimum Gasteiger partial charge on any atom is -0.497 e. The molecule has 3 N–H and O–H groups in total. The van der Waals surface area contributed by atoms with E-state index < -0.39 is 11.0 Å². The first-order valence-electron chi connectivity index (χ1n) is 10.7. The van der Waals surface area contributed by atoms with E-state index in [0.717, 1.165) is 22.4 Å². The molecule has 0 aliphatic carbocycles. The van der Waals surface area contributed by atoms with E-state index in [1.54, 1.807) is 31.4 Å². The fourth-order valence-corrected chi connectivity index (χ4v) is 4.46. The summed E-state index contributed by atoms with van der Waals surface area (Å²) in [5, 5.41) is 5.62. The molecule has 0 bridgehead atoms. The second-order valence-corrected chi connectivity index (χ2v) is 8.65. The third-order valence-corrected chi connectivity index (χ3v) is 6.29. The van der Waals surface area contributed by atoms with E-state index in [2.05, 4.69) is 15.4 Å². The van der Waals surface area contributed by atoms with Crippen LogP contribution < -0.4 is 20.1 Å². The molecule has 0 fully saturated rings. The molecular formula is C27H25N3O3S. The maximum Gasteiger partial charge on any atom is 0.319 e. The Bertz CT molecular complexity index is 1280. The number of methoxy groups -OCH3 is 1. The van der Waals surface area contributed by atoms with Crippen molar-refractivity contribution in [1.82, 2.24) is 5.32 Å². The Hall–Kier alpha value is -4.10. The molecule has 1 unspecified atom stereocenters. The number of ether oxygens (including phenoxy) is 1. The van der Waals surface area contributed by atoms with Crippen LogP contribution in [0.5, 0.6) is 5.75 Å². The molecule has 0 aliphatic rings. The molecule has 0 aliphatic heterocycles. The van der Waals surface area contributed by atoms with Crippen molar-refractivity contribution in [3.8, 4) is 16.9 Å². The zero-order valence-corrected chi connectivity index (χ0v) is 19.5. The van der Waals surface area contributed by atoms with Gasteiger partial charge in [-0.3, -0.25) is 0 Å². The molecule has 172 valence electrons. The van der Waals surface area contributed by atoms with Gasteiger partial charge in [0.1, 0.15) is 5.75 Å². The minimum atomic E-state index is -1.45. The summed E-state index contributed by atoms with van der Waals surface area (Å²) in [5.41, 5.74) is 4.17. The fraction of sp³-hybridized carbons (Fsp3) is 0.0741. The van der Waals surface area contributed by atoms with Crippen molar-refractivity contribution < 1.29 is 13.7 Å². The van der Waals surface area contributed by atoms with Crippen molar-refractivity contribution in [2.45, 2.75) is 11.4 Å². The van der Waals surface area contributed by atoms with E-state index in [1.807, 2.05) is 78.9 Å². The van der Waals surface area contributed by atoms with Gasteiger partial charge in [0.05, 0.1) is 12.0 Å². The van der Waals surface area contributed by atoms with Crippen LogP contribution in [0.25, 0.3) is 11.1 Å². The summed E-state index contributed by atoms with van der Waals surface area (Å²) >= 11 is 0. The van der Waals surface area contributed by atoms with Crippen LogP contribution in [0.2, 0.25) is 0 Å². The van der Waals surface area contributed by atoms with E-state index >= 15 is 0 Å². The largest absolute Gasteiger partial charge is 0.497 e. The highest BCUT2D eigenvalue weighted by molar-refractivity contribution is 7.86. The van der Waals surface area contributed by atoms with Crippen molar-refractivity contribution >= 4 is 28.4 Å². The zero-order chi connectivity index (χ0) is 23.8. The first-order chi connectivity index (χ1) is 16.6. The monoisotopic (exact) mass is 471 g/mol. The lowest BCUT2D eigenvalue weighted by molar-refractivity contribution is 0.251. The van der Waals surface area contributed by atoms with E-state index in [-0.39, 0.29) is 6.03 Å². The number of nitrogens with one attached hydrogen (secondary N) is 3. The summed E-state index contributed by atoms with van der Waals surface area (Å²) in [7, 11) is 0.156. The van der Waals surface area contributed by atoms with Crippen molar-refractivity contribution in [2.75, 3.05) is 17.1 Å². The number of anilines is 2. The standard InChI is InChI=1S/C27H25N3O3S/c1-33-24-11-7-8-20(18-24)19-28-27(31)29-22-14-16-23(17-15-22)30-34(32)26-13-6-5-12-25(26)21-9-3-2-4-10-21/h2-18,30H,19H2,1H3,(H2,28,29,31). The van der Waals surface area contributed by atoms with Crippen LogP contribution in [-0.2, 0) is 17.5 Å². The molecule has 7 heteroatoms. The minimum absolute atomic E-state index is 0.316. The molecule has 0 heterocycles. The van der Waals surface area contributed by atoms with Gasteiger partial charge in [-0.25, -0.2) is 9.00 Å². The molecule has 4 aromatic rings. The van der Waals surface area contributed by atoms with Crippen LogP contribution in [0.3, 0.4) is 0 Å². The number of rotatable bonds is 8. The Balaban J connectivity index is 1.35. The Labute approximate surface area is 201 Å². The Morgan fingerprint density at radius 3 is 2.29 bits per heavy atom. The summed E-state index contributed by atoms with van der Waals surface area (Å²) in [5.74, 6) is 0.742. The number of hydrogen-bond acceptors (Lipinski definition) is 3. The van der Waals surface area contributed by atoms with Crippen molar-refractivity contribution in [1.29, 1.82) is 0 Å². The summed E-state index contributed by atoms with van der Waals surface area (Å²) in [6, 6.07) is 31.8. The van der Waals surface area contributed by atoms with Gasteiger partial charge in [0, 0.05) is 17.9 Å². The normalized spacial score (nSPS) is 11.3. The van der Waals surface area contributed by atoms with Crippen LogP contribution in [-0.4, -0.2) is 17.3 Å². The summed E-state index contributed by atoms with van der Waals surface area (Å²) in [4.78, 5) is 12.9. The molecular weight excluding hydrogens is 446 g/mol. The molecule has 34 heavy (non-hydrogen) atoms. The van der Waals surface area contributed by atoms with Gasteiger partial charge < -0.3 is 20.1 Å². The van der Waals surface area contributed by atoms with E-state index in [9.17, 15) is 9.00 Å². The molecule has 6 nitrogen and oxygen atoms in total. The van der Waals surface area contributed by atoms with E-state index in [4.69, 9.17) is 4.74 Å². The number of amides is 2. The molecule has 0 aromatic heterocycles. The summed E-state index contributed by atoms with van der Waals surface area (Å²) in [6.45, 7) is 0.377. The molecule has 0 spiro atoms. The van der Waals surface area contributed by atoms with Crippen LogP contribution in [0.15, 0.2) is 108 Å². The van der Waals surface area contributed by atoms with Crippen LogP contribution in [0.4, 0.5) is 16.2 Å². The Morgan fingerprint density at radius 1 is 0.824 bits per heavy atom. The lowest BCUT2D eigenvalue weighted by Crippen LogP contribution is -2.28. The topological polar surface area (TPSA) is 79.5 Å². The van der Waals surface area contributed by atoms with Crippen LogP contribution in [0, 0.1) is 0 Å². The van der Waals surface area contributed by atoms with Crippen LogP contribution in [0.1, 0.15) is 5.56 Å². The van der Waals surface area contributed by atoms with Gasteiger partial charge in [-0.2, -0.15) is 0 Å². The molecule has 4 rings (SSSR count). The van der Waals surface area contributed by atoms with E-state index in [1.165, 1.54) is 0 Å². The fourth-order valence-electron chi connectivity index (χ4n) is 3.41. The van der Waals surface area contributed by atoms with Gasteiger partial charge >= 0.3 is 6.03 Å². The maximum atomic E-state index is 13.0. The van der Waals surface area contributed by atoms with Gasteiger partial charge in [-0.1, -0.05) is 60.7 Å². The number of carbonyl (C=O) groups is 1. The molecule has 0 saturated carbocycles. The van der Waals surface area contributed by atoms with Gasteiger partial charge in [0.2, 0.25) is 0 Å². The number of carbonyl (C=O) groups excluding carboxylic acids is 1. The predicted molar refractivity (Wildman–Crippen MR) is 137 cm³/mol. The molecule has 0 saturated heterocycles. The van der Waals surface area contributed by atoms with Crippen molar-refractivity contribution in [2.24, 2.45) is 0 Å². The SMILES string of the molecule is COc1cccc(CNC(=O)Nc2ccc(NS(=O)c3ccccc3-c3ccccc3)cc2)c1. The number of benzene rings is 4. The molecule has 4 aromatic carbocycles. The molecule has 2 amide bonds. The molecule has 0 radical (unpaired) electrons. The Morgan fingerprint density at radius 2 is 1.53 bits per heavy atom. The van der Waals surface area contributed by atoms with Gasteiger partial charge in [0.25, 0.3) is 0 Å². The van der Waals surface area contributed by atoms with Gasteiger partial charge in [-0.05, 0) is 59.2 Å². The van der Waals surface area contributed by atoms with Gasteiger partial charge in [-0.15, -0.1) is 0 Å². The average Bonchev–Trinajstić information content (AvgIpc) is 2.89. The highest BCUT2D eigenvalue weighted by Gasteiger charge is 2.11. The van der Waals surface area contributed by atoms with E-state index in [0.29, 0.717) is 22.8 Å². The van der Waals surface area contributed by atoms with Crippen molar-refractivity contribution in [3.05, 3.63) is 109 Å². The van der Waals surface area contributed by atoms with Gasteiger partial charge in [0.15, 0.2) is 11.0 Å². The number of urea groups is 1. The highest BCUT2D eigenvalue weighted by Crippen LogP contribution is 2.27. The smallest absolute Gasteiger partial charge is 0.319 e. The zero-order valence-electron chi connectivity index (χ0n) is 18.7. The Kier molecular flexibility index (Phi) is 7.57. The average molecular weight is 472 g/mol. The second kappa shape index (κ2) is 11.2. The number of hydrogen-bond donors (Lipinski definition) is 3. The summed E-state index contributed by atoms with van der Waals surface area (Å²) in [6.07, 6.45) is 0. The first kappa shape index (κ1) is 23.1. The first-order valence-corrected chi connectivity index (χ1v) is 11.9. The second-order valence-electron chi connectivity index (χ2n) is 7.47. The quantitative estimate of drug-likeness (QED) is 0.303. The third kappa shape index (κ3) is 6.02. The lowest BCUT2D eigenvalue weighted by Gasteiger charge is -2.12. The summed E-state index contributed by atoms with van der Waals surface area (Å²) < 4.78 is 21.3. The molecule has 1 atom stereocenters. The van der Waals surface area contributed by atoms with Crippen LogP contribution >= 0.6 is 0 Å². The predicted octanol–water partition coefficient (Wildman–Crippen LogP) is 5.82.